The third kappa shape index (κ3) is 2.95. The quantitative estimate of drug-likeness (QED) is 0.661. The van der Waals surface area contributed by atoms with Crippen LogP contribution in [0.4, 0.5) is 0 Å². The van der Waals surface area contributed by atoms with Gasteiger partial charge in [-0.25, -0.2) is 4.79 Å². The fraction of sp³-hybridized carbons (Fsp3) is 0.214. The van der Waals surface area contributed by atoms with E-state index in [0.29, 0.717) is 11.4 Å². The summed E-state index contributed by atoms with van der Waals surface area (Å²) in [6.45, 7) is 2.22. The van der Waals surface area contributed by atoms with Crippen LogP contribution in [0.3, 0.4) is 0 Å². The Hall–Kier alpha value is -2.81. The van der Waals surface area contributed by atoms with Crippen LogP contribution in [-0.4, -0.2) is 34.6 Å². The van der Waals surface area contributed by atoms with Crippen LogP contribution in [0.5, 0.6) is 5.75 Å². The lowest BCUT2D eigenvalue weighted by atomic mass is 10.1. The van der Waals surface area contributed by atoms with Gasteiger partial charge in [-0.05, 0) is 31.2 Å². The number of carbonyl (C=O) groups is 1. The van der Waals surface area contributed by atoms with E-state index >= 15 is 0 Å². The summed E-state index contributed by atoms with van der Waals surface area (Å²) in [6.07, 6.45) is 5.12. The largest absolute Gasteiger partial charge is 0.481 e. The second kappa shape index (κ2) is 6.38. The van der Waals surface area contributed by atoms with E-state index in [1.165, 1.54) is 0 Å². The molecule has 0 saturated heterocycles. The first kappa shape index (κ1) is 13.6. The summed E-state index contributed by atoms with van der Waals surface area (Å²) in [5, 5.41) is 10.2. The molecule has 0 radical (unpaired) electrons. The van der Waals surface area contributed by atoms with Gasteiger partial charge in [-0.2, -0.15) is 10.3 Å². The fourth-order valence-corrected chi connectivity index (χ4v) is 1.61. The Kier molecular flexibility index (Phi) is 4.35. The first-order valence-electron chi connectivity index (χ1n) is 6.00. The predicted molar refractivity (Wildman–Crippen MR) is 72.1 cm³/mol. The monoisotopic (exact) mass is 271 g/mol. The van der Waals surface area contributed by atoms with Crippen molar-refractivity contribution in [1.82, 2.24) is 15.4 Å². The lowest BCUT2D eigenvalue weighted by molar-refractivity contribution is 0.0520. The molecular formula is C14H13N3O3. The SMILES string of the molecule is C#CCOc1ccc(-c2n[nH]nc2C(=O)OCC)cc1. The Morgan fingerprint density at radius 3 is 2.75 bits per heavy atom. The number of aromatic nitrogens is 3. The van der Waals surface area contributed by atoms with Crippen LogP contribution < -0.4 is 4.74 Å². The molecule has 0 amide bonds. The number of hydrogen-bond acceptors (Lipinski definition) is 5. The molecule has 0 unspecified atom stereocenters. The van der Waals surface area contributed by atoms with Crippen molar-refractivity contribution in [1.29, 1.82) is 0 Å². The number of benzene rings is 1. The van der Waals surface area contributed by atoms with E-state index in [1.54, 1.807) is 31.2 Å². The van der Waals surface area contributed by atoms with Gasteiger partial charge >= 0.3 is 5.97 Å². The number of ether oxygens (including phenoxy) is 2. The summed E-state index contributed by atoms with van der Waals surface area (Å²) in [5.74, 6) is 2.52. The summed E-state index contributed by atoms with van der Waals surface area (Å²) in [7, 11) is 0. The molecule has 102 valence electrons. The number of rotatable bonds is 5. The first-order chi connectivity index (χ1) is 9.76. The number of carbonyl (C=O) groups excluding carboxylic acids is 1. The maximum atomic E-state index is 11.7. The summed E-state index contributed by atoms with van der Waals surface area (Å²) in [4.78, 5) is 11.7. The van der Waals surface area contributed by atoms with Crippen LogP contribution in [0.25, 0.3) is 11.3 Å². The summed E-state index contributed by atoms with van der Waals surface area (Å²) in [6, 6.07) is 7.03. The number of hydrogen-bond donors (Lipinski definition) is 1. The van der Waals surface area contributed by atoms with Crippen molar-refractivity contribution in [2.75, 3.05) is 13.2 Å². The van der Waals surface area contributed by atoms with Crippen molar-refractivity contribution in [3.05, 3.63) is 30.0 Å². The molecule has 6 nitrogen and oxygen atoms in total. The van der Waals surface area contributed by atoms with E-state index in [1.807, 2.05) is 0 Å². The zero-order valence-corrected chi connectivity index (χ0v) is 10.9. The van der Waals surface area contributed by atoms with Gasteiger partial charge < -0.3 is 9.47 Å². The molecular weight excluding hydrogens is 258 g/mol. The lowest BCUT2D eigenvalue weighted by Gasteiger charge is -2.04. The minimum absolute atomic E-state index is 0.157. The molecule has 0 aliphatic rings. The van der Waals surface area contributed by atoms with Gasteiger partial charge in [-0.1, -0.05) is 5.92 Å². The number of esters is 1. The standard InChI is InChI=1S/C14H13N3O3/c1-3-9-20-11-7-5-10(6-8-11)12-13(16-17-15-12)14(18)19-4-2/h1,5-8H,4,9H2,2H3,(H,15,16,17). The van der Waals surface area contributed by atoms with E-state index in [-0.39, 0.29) is 18.9 Å². The number of terminal acetylenes is 1. The van der Waals surface area contributed by atoms with E-state index < -0.39 is 5.97 Å². The van der Waals surface area contributed by atoms with Crippen LogP contribution in [0, 0.1) is 12.3 Å². The maximum absolute atomic E-state index is 11.7. The van der Waals surface area contributed by atoms with Gasteiger partial charge in [0, 0.05) is 5.56 Å². The molecule has 2 rings (SSSR count). The van der Waals surface area contributed by atoms with Crippen molar-refractivity contribution in [3.8, 4) is 29.4 Å². The fourth-order valence-electron chi connectivity index (χ4n) is 1.61. The number of nitrogens with one attached hydrogen (secondary N) is 1. The molecule has 1 N–H and O–H groups in total. The topological polar surface area (TPSA) is 77.1 Å². The molecule has 0 bridgehead atoms. The molecule has 1 aromatic heterocycles. The Morgan fingerprint density at radius 2 is 2.10 bits per heavy atom. The van der Waals surface area contributed by atoms with Gasteiger partial charge in [0.2, 0.25) is 0 Å². The summed E-state index contributed by atoms with van der Waals surface area (Å²) in [5.41, 5.74) is 1.32. The molecule has 0 aliphatic carbocycles. The van der Waals surface area contributed by atoms with Crippen LogP contribution in [0.1, 0.15) is 17.4 Å². The summed E-state index contributed by atoms with van der Waals surface area (Å²) >= 11 is 0. The minimum atomic E-state index is -0.510. The maximum Gasteiger partial charge on any atom is 0.361 e. The number of nitrogens with zero attached hydrogens (tertiary/aromatic N) is 2. The van der Waals surface area contributed by atoms with Gasteiger partial charge in [0.1, 0.15) is 18.1 Å². The zero-order valence-electron chi connectivity index (χ0n) is 10.9. The minimum Gasteiger partial charge on any atom is -0.481 e. The molecule has 0 spiro atoms. The van der Waals surface area contributed by atoms with Gasteiger partial charge in [0.05, 0.1) is 6.61 Å². The van der Waals surface area contributed by atoms with Crippen LogP contribution in [0.2, 0.25) is 0 Å². The van der Waals surface area contributed by atoms with Crippen molar-refractivity contribution in [2.45, 2.75) is 6.92 Å². The molecule has 1 heterocycles. The third-order valence-electron chi connectivity index (χ3n) is 2.47. The normalized spacial score (nSPS) is 9.80. The van der Waals surface area contributed by atoms with Gasteiger partial charge in [-0.15, -0.1) is 11.5 Å². The molecule has 6 heteroatoms. The predicted octanol–water partition coefficient (Wildman–Crippen LogP) is 1.66. The van der Waals surface area contributed by atoms with Gasteiger partial charge in [0.25, 0.3) is 0 Å². The molecule has 0 fully saturated rings. The van der Waals surface area contributed by atoms with Gasteiger partial charge in [0.15, 0.2) is 5.69 Å². The number of H-pyrrole nitrogens is 1. The van der Waals surface area contributed by atoms with Crippen LogP contribution >= 0.6 is 0 Å². The van der Waals surface area contributed by atoms with Crippen LogP contribution in [-0.2, 0) is 4.74 Å². The Balaban J connectivity index is 2.22. The second-order valence-electron chi connectivity index (χ2n) is 3.76. The Labute approximate surface area is 116 Å². The highest BCUT2D eigenvalue weighted by Crippen LogP contribution is 2.23. The Bertz CT molecular complexity index is 626. The van der Waals surface area contributed by atoms with E-state index in [2.05, 4.69) is 21.3 Å². The van der Waals surface area contributed by atoms with Gasteiger partial charge in [-0.3, -0.25) is 0 Å². The zero-order chi connectivity index (χ0) is 14.4. The highest BCUT2D eigenvalue weighted by Gasteiger charge is 2.18. The van der Waals surface area contributed by atoms with Crippen molar-refractivity contribution in [3.63, 3.8) is 0 Å². The average molecular weight is 271 g/mol. The Morgan fingerprint density at radius 1 is 1.35 bits per heavy atom. The third-order valence-corrected chi connectivity index (χ3v) is 2.47. The molecule has 0 atom stereocenters. The van der Waals surface area contributed by atoms with E-state index in [9.17, 15) is 4.79 Å². The molecule has 1 aromatic carbocycles. The van der Waals surface area contributed by atoms with Crippen LogP contribution in [0.15, 0.2) is 24.3 Å². The second-order valence-corrected chi connectivity index (χ2v) is 3.76. The van der Waals surface area contributed by atoms with Crippen molar-refractivity contribution < 1.29 is 14.3 Å². The highest BCUT2D eigenvalue weighted by molar-refractivity contribution is 5.93. The smallest absolute Gasteiger partial charge is 0.361 e. The molecule has 2 aromatic rings. The van der Waals surface area contributed by atoms with E-state index in [4.69, 9.17) is 15.9 Å². The van der Waals surface area contributed by atoms with E-state index in [0.717, 1.165) is 5.56 Å². The molecule has 20 heavy (non-hydrogen) atoms. The molecule has 0 aliphatic heterocycles. The average Bonchev–Trinajstić information content (AvgIpc) is 2.95. The van der Waals surface area contributed by atoms with Crippen molar-refractivity contribution >= 4 is 5.97 Å². The lowest BCUT2D eigenvalue weighted by Crippen LogP contribution is -2.06. The molecule has 0 saturated carbocycles. The first-order valence-corrected chi connectivity index (χ1v) is 6.00. The highest BCUT2D eigenvalue weighted by atomic mass is 16.5. The number of aromatic amines is 1. The van der Waals surface area contributed by atoms with Crippen molar-refractivity contribution in [2.24, 2.45) is 0 Å². The summed E-state index contributed by atoms with van der Waals surface area (Å²) < 4.78 is 10.2.